The number of anilines is 1. The van der Waals surface area contributed by atoms with Gasteiger partial charge in [-0.15, -0.1) is 0 Å². The standard InChI is InChI=1S/C16H16ClF3N4O3/c1-3-23(14(25)9(2)12(15(26)27)16(18,19)20)11-8-24(22-13(11)17)10-5-4-6-21-7-10/h4-9,12H,3H2,1-2H3,(H,26,27)/p-1. The number of carbonyl (C=O) groups is 2. The van der Waals surface area contributed by atoms with E-state index in [0.717, 1.165) is 11.8 Å². The molecule has 0 saturated heterocycles. The molecule has 2 aromatic heterocycles. The molecule has 0 fully saturated rings. The van der Waals surface area contributed by atoms with E-state index in [0.29, 0.717) is 5.69 Å². The molecule has 0 radical (unpaired) electrons. The number of hydrogen-bond donors (Lipinski definition) is 0. The lowest BCUT2D eigenvalue weighted by atomic mass is 9.92. The predicted octanol–water partition coefficient (Wildman–Crippen LogP) is 1.84. The van der Waals surface area contributed by atoms with Crippen molar-refractivity contribution in [3.8, 4) is 5.69 Å². The topological polar surface area (TPSA) is 91.2 Å². The maximum atomic E-state index is 13.0. The van der Waals surface area contributed by atoms with Crippen molar-refractivity contribution in [3.63, 3.8) is 0 Å². The number of amides is 1. The summed E-state index contributed by atoms with van der Waals surface area (Å²) in [6.45, 7) is 2.36. The monoisotopic (exact) mass is 403 g/mol. The molecular weight excluding hydrogens is 389 g/mol. The molecule has 2 heterocycles. The van der Waals surface area contributed by atoms with Crippen LogP contribution in [0.5, 0.6) is 0 Å². The molecule has 0 bridgehead atoms. The van der Waals surface area contributed by atoms with E-state index >= 15 is 0 Å². The van der Waals surface area contributed by atoms with Crippen LogP contribution >= 0.6 is 11.6 Å². The number of alkyl halides is 3. The normalized spacial score (nSPS) is 13.9. The van der Waals surface area contributed by atoms with Crippen LogP contribution in [-0.2, 0) is 9.59 Å². The maximum absolute atomic E-state index is 13.0. The van der Waals surface area contributed by atoms with Crippen molar-refractivity contribution in [1.29, 1.82) is 0 Å². The van der Waals surface area contributed by atoms with Crippen LogP contribution in [0.15, 0.2) is 30.7 Å². The molecule has 7 nitrogen and oxygen atoms in total. The van der Waals surface area contributed by atoms with E-state index in [2.05, 4.69) is 10.1 Å². The smallest absolute Gasteiger partial charge is 0.397 e. The second-order valence-corrected chi connectivity index (χ2v) is 6.03. The predicted molar refractivity (Wildman–Crippen MR) is 88.1 cm³/mol. The highest BCUT2D eigenvalue weighted by Crippen LogP contribution is 2.34. The number of hydrogen-bond acceptors (Lipinski definition) is 5. The van der Waals surface area contributed by atoms with Crippen LogP contribution in [0.2, 0.25) is 5.15 Å². The Morgan fingerprint density at radius 1 is 1.41 bits per heavy atom. The quantitative estimate of drug-likeness (QED) is 0.734. The summed E-state index contributed by atoms with van der Waals surface area (Å²) in [4.78, 5) is 28.4. The molecule has 0 aromatic carbocycles. The minimum atomic E-state index is -5.13. The van der Waals surface area contributed by atoms with Crippen molar-refractivity contribution in [2.75, 3.05) is 11.4 Å². The summed E-state index contributed by atoms with van der Waals surface area (Å²) in [5.74, 6) is -8.27. The zero-order valence-electron chi connectivity index (χ0n) is 14.3. The molecule has 1 amide bonds. The van der Waals surface area contributed by atoms with E-state index in [4.69, 9.17) is 11.6 Å². The van der Waals surface area contributed by atoms with Gasteiger partial charge in [-0.25, -0.2) is 4.68 Å². The van der Waals surface area contributed by atoms with Gasteiger partial charge in [-0.3, -0.25) is 9.78 Å². The van der Waals surface area contributed by atoms with Crippen LogP contribution in [0.3, 0.4) is 0 Å². The van der Waals surface area contributed by atoms with Crippen molar-refractivity contribution in [3.05, 3.63) is 35.9 Å². The van der Waals surface area contributed by atoms with Gasteiger partial charge in [0.2, 0.25) is 5.91 Å². The number of pyridine rings is 1. The summed E-state index contributed by atoms with van der Waals surface area (Å²) in [5, 5.41) is 14.8. The van der Waals surface area contributed by atoms with Gasteiger partial charge in [-0.1, -0.05) is 18.5 Å². The van der Waals surface area contributed by atoms with Gasteiger partial charge in [0, 0.05) is 12.7 Å². The molecular formula is C16H15ClF3N4O3-. The molecule has 0 aliphatic rings. The minimum Gasteiger partial charge on any atom is -0.549 e. The van der Waals surface area contributed by atoms with Gasteiger partial charge < -0.3 is 14.8 Å². The van der Waals surface area contributed by atoms with Crippen LogP contribution in [0.4, 0.5) is 18.9 Å². The number of carbonyl (C=O) groups excluding carboxylic acids is 2. The molecule has 11 heteroatoms. The Bertz CT molecular complexity index is 826. The summed E-state index contributed by atoms with van der Waals surface area (Å²) in [6.07, 6.45) is -0.758. The highest BCUT2D eigenvalue weighted by molar-refractivity contribution is 6.32. The van der Waals surface area contributed by atoms with Gasteiger partial charge >= 0.3 is 6.18 Å². The highest BCUT2D eigenvalue weighted by atomic mass is 35.5. The molecule has 0 aliphatic heterocycles. The van der Waals surface area contributed by atoms with Gasteiger partial charge in [0.1, 0.15) is 11.6 Å². The van der Waals surface area contributed by atoms with Crippen molar-refractivity contribution in [1.82, 2.24) is 14.8 Å². The van der Waals surface area contributed by atoms with E-state index in [-0.39, 0.29) is 17.4 Å². The first-order chi connectivity index (χ1) is 12.6. The fourth-order valence-corrected chi connectivity index (χ4v) is 2.83. The van der Waals surface area contributed by atoms with Gasteiger partial charge in [-0.05, 0) is 19.1 Å². The lowest BCUT2D eigenvalue weighted by Crippen LogP contribution is -2.49. The second kappa shape index (κ2) is 7.95. The molecule has 2 atom stereocenters. The fourth-order valence-electron chi connectivity index (χ4n) is 2.60. The highest BCUT2D eigenvalue weighted by Gasteiger charge is 2.47. The zero-order valence-corrected chi connectivity index (χ0v) is 15.0. The second-order valence-electron chi connectivity index (χ2n) is 5.67. The maximum Gasteiger partial charge on any atom is 0.397 e. The Morgan fingerprint density at radius 3 is 2.56 bits per heavy atom. The summed E-state index contributed by atoms with van der Waals surface area (Å²) in [5.41, 5.74) is 0.573. The summed E-state index contributed by atoms with van der Waals surface area (Å²) >= 11 is 6.05. The van der Waals surface area contributed by atoms with Crippen molar-refractivity contribution in [2.24, 2.45) is 11.8 Å². The van der Waals surface area contributed by atoms with Crippen molar-refractivity contribution < 1.29 is 27.9 Å². The third-order valence-corrected chi connectivity index (χ3v) is 4.20. The first-order valence-corrected chi connectivity index (χ1v) is 8.20. The number of aromatic nitrogens is 3. The Balaban J connectivity index is 2.37. The Kier molecular flexibility index (Phi) is 6.09. The first kappa shape index (κ1) is 20.7. The van der Waals surface area contributed by atoms with E-state index in [1.165, 1.54) is 30.2 Å². The van der Waals surface area contributed by atoms with Crippen LogP contribution in [-0.4, -0.2) is 39.4 Å². The van der Waals surface area contributed by atoms with Crippen LogP contribution in [0.25, 0.3) is 5.69 Å². The zero-order chi connectivity index (χ0) is 20.4. The lowest BCUT2D eigenvalue weighted by molar-refractivity contribution is -0.328. The Hall–Kier alpha value is -2.62. The minimum absolute atomic E-state index is 0.0424. The Morgan fingerprint density at radius 2 is 2.07 bits per heavy atom. The molecule has 2 rings (SSSR count). The number of rotatable bonds is 6. The molecule has 27 heavy (non-hydrogen) atoms. The summed E-state index contributed by atoms with van der Waals surface area (Å²) in [7, 11) is 0. The molecule has 0 N–H and O–H groups in total. The van der Waals surface area contributed by atoms with Gasteiger partial charge in [0.05, 0.1) is 30.0 Å². The molecule has 0 spiro atoms. The van der Waals surface area contributed by atoms with Crippen LogP contribution in [0.1, 0.15) is 13.8 Å². The number of carboxylic acid groups (broad SMARTS) is 1. The largest absolute Gasteiger partial charge is 0.549 e. The average molecular weight is 404 g/mol. The van der Waals surface area contributed by atoms with E-state index in [1.54, 1.807) is 12.1 Å². The Labute approximate surface area is 157 Å². The van der Waals surface area contributed by atoms with E-state index < -0.39 is 29.9 Å². The number of nitrogens with zero attached hydrogens (tertiary/aromatic N) is 4. The van der Waals surface area contributed by atoms with Crippen molar-refractivity contribution >= 4 is 29.2 Å². The van der Waals surface area contributed by atoms with Gasteiger partial charge in [0.25, 0.3) is 0 Å². The fraction of sp³-hybridized carbons (Fsp3) is 0.375. The average Bonchev–Trinajstić information content (AvgIpc) is 2.96. The van der Waals surface area contributed by atoms with Gasteiger partial charge in [0.15, 0.2) is 5.15 Å². The molecule has 0 saturated carbocycles. The van der Waals surface area contributed by atoms with Crippen LogP contribution in [0, 0.1) is 11.8 Å². The first-order valence-electron chi connectivity index (χ1n) is 7.82. The summed E-state index contributed by atoms with van der Waals surface area (Å²) in [6, 6.07) is 3.31. The molecule has 146 valence electrons. The number of halogens is 4. The number of carboxylic acids is 1. The molecule has 2 unspecified atom stereocenters. The SMILES string of the molecule is CCN(C(=O)C(C)C(C(=O)[O-])C(F)(F)F)c1cn(-c2cccnc2)nc1Cl. The number of aliphatic carboxylic acids is 1. The summed E-state index contributed by atoms with van der Waals surface area (Å²) < 4.78 is 40.4. The van der Waals surface area contributed by atoms with E-state index in [9.17, 15) is 27.9 Å². The van der Waals surface area contributed by atoms with Gasteiger partial charge in [-0.2, -0.15) is 18.3 Å². The van der Waals surface area contributed by atoms with Crippen molar-refractivity contribution in [2.45, 2.75) is 20.0 Å². The lowest BCUT2D eigenvalue weighted by Gasteiger charge is -2.30. The molecule has 0 aliphatic carbocycles. The third kappa shape index (κ3) is 4.38. The van der Waals surface area contributed by atoms with Crippen LogP contribution < -0.4 is 10.0 Å². The van der Waals surface area contributed by atoms with E-state index in [1.807, 2.05) is 0 Å². The molecule has 2 aromatic rings. The third-order valence-electron chi connectivity index (χ3n) is 3.93.